The van der Waals surface area contributed by atoms with Gasteiger partial charge in [-0.15, -0.1) is 0 Å². The highest BCUT2D eigenvalue weighted by Crippen LogP contribution is 2.18. The van der Waals surface area contributed by atoms with Crippen molar-refractivity contribution in [3.8, 4) is 0 Å². The number of amides is 1. The molecule has 1 rings (SSSR count). The van der Waals surface area contributed by atoms with Crippen LogP contribution in [0.3, 0.4) is 0 Å². The van der Waals surface area contributed by atoms with E-state index in [9.17, 15) is 30.3 Å². The molecule has 176 valence electrons. The molecule has 1 amide bonds. The van der Waals surface area contributed by atoms with Crippen LogP contribution in [0.1, 0.15) is 53.4 Å². The highest BCUT2D eigenvalue weighted by atomic mass is 16.6. The summed E-state index contributed by atoms with van der Waals surface area (Å²) in [4.78, 5) is 12.3. The molecule has 1 aliphatic carbocycles. The van der Waals surface area contributed by atoms with E-state index in [-0.39, 0.29) is 25.6 Å². The van der Waals surface area contributed by atoms with Gasteiger partial charge in [0.05, 0.1) is 31.0 Å². The molecule has 0 aliphatic heterocycles. The van der Waals surface area contributed by atoms with Crippen LogP contribution < -0.4 is 5.32 Å². The van der Waals surface area contributed by atoms with Gasteiger partial charge in [0.1, 0.15) is 24.4 Å². The Kier molecular flexibility index (Phi) is 11.8. The number of rotatable bonds is 11. The Morgan fingerprint density at radius 1 is 1.13 bits per heavy atom. The van der Waals surface area contributed by atoms with Crippen molar-refractivity contribution in [2.45, 2.75) is 102 Å². The van der Waals surface area contributed by atoms with Crippen LogP contribution in [0, 0.1) is 5.92 Å². The van der Waals surface area contributed by atoms with Crippen LogP contribution in [0.4, 0.5) is 4.79 Å². The molecule has 0 spiro atoms. The van der Waals surface area contributed by atoms with Crippen molar-refractivity contribution in [1.29, 1.82) is 0 Å². The smallest absolute Gasteiger partial charge is 0.407 e. The number of nitrogens with one attached hydrogen (secondary N) is 1. The number of hydrogen-bond acceptors (Lipinski definition) is 8. The quantitative estimate of drug-likeness (QED) is 0.258. The number of hydrogen-bond donors (Lipinski definition) is 6. The number of alkyl carbamates (subject to hydrolysis) is 1. The van der Waals surface area contributed by atoms with E-state index in [1.54, 1.807) is 19.9 Å². The Morgan fingerprint density at radius 2 is 1.80 bits per heavy atom. The predicted molar refractivity (Wildman–Crippen MR) is 111 cm³/mol. The molecule has 0 saturated carbocycles. The third-order valence-corrected chi connectivity index (χ3v) is 5.12. The molecule has 0 aromatic rings. The topological polar surface area (TPSA) is 149 Å². The monoisotopic (exact) mass is 433 g/mol. The molecule has 30 heavy (non-hydrogen) atoms. The first-order valence-electron chi connectivity index (χ1n) is 10.7. The average molecular weight is 434 g/mol. The fraction of sp³-hybridized carbons (Fsp3) is 0.857. The van der Waals surface area contributed by atoms with Crippen molar-refractivity contribution in [2.75, 3.05) is 6.61 Å². The van der Waals surface area contributed by atoms with Gasteiger partial charge in [-0.1, -0.05) is 32.9 Å². The fourth-order valence-electron chi connectivity index (χ4n) is 3.33. The summed E-state index contributed by atoms with van der Waals surface area (Å²) in [5.74, 6) is 0.350. The van der Waals surface area contributed by atoms with Gasteiger partial charge in [-0.2, -0.15) is 0 Å². The van der Waals surface area contributed by atoms with E-state index >= 15 is 0 Å². The maximum Gasteiger partial charge on any atom is 0.407 e. The summed E-state index contributed by atoms with van der Waals surface area (Å²) in [6.07, 6.45) is -3.24. The lowest BCUT2D eigenvalue weighted by atomic mass is 10.0. The molecule has 6 N–H and O–H groups in total. The summed E-state index contributed by atoms with van der Waals surface area (Å²) >= 11 is 0. The van der Waals surface area contributed by atoms with Gasteiger partial charge in [0.2, 0.25) is 0 Å². The zero-order valence-corrected chi connectivity index (χ0v) is 18.3. The first-order valence-corrected chi connectivity index (χ1v) is 10.7. The molecule has 0 radical (unpaired) electrons. The lowest BCUT2D eigenvalue weighted by molar-refractivity contribution is -0.110. The summed E-state index contributed by atoms with van der Waals surface area (Å²) < 4.78 is 11.0. The van der Waals surface area contributed by atoms with E-state index in [0.29, 0.717) is 18.8 Å². The molecule has 0 heterocycles. The number of aliphatic hydroxyl groups is 5. The molecule has 8 atom stereocenters. The summed E-state index contributed by atoms with van der Waals surface area (Å²) in [6.45, 7) is 7.39. The van der Waals surface area contributed by atoms with Crippen molar-refractivity contribution < 1.29 is 39.8 Å². The van der Waals surface area contributed by atoms with Crippen LogP contribution in [0.2, 0.25) is 0 Å². The van der Waals surface area contributed by atoms with Gasteiger partial charge in [-0.05, 0) is 32.1 Å². The van der Waals surface area contributed by atoms with Gasteiger partial charge >= 0.3 is 6.09 Å². The minimum Gasteiger partial charge on any atom is -0.447 e. The van der Waals surface area contributed by atoms with E-state index in [1.807, 2.05) is 13.8 Å². The Bertz CT molecular complexity index is 529. The maximum atomic E-state index is 12.3. The third kappa shape index (κ3) is 9.28. The second-order valence-corrected chi connectivity index (χ2v) is 8.47. The van der Waals surface area contributed by atoms with Gasteiger partial charge in [0.15, 0.2) is 0 Å². The van der Waals surface area contributed by atoms with Crippen LogP contribution >= 0.6 is 0 Å². The van der Waals surface area contributed by atoms with Crippen molar-refractivity contribution in [3.63, 3.8) is 0 Å². The Hall–Kier alpha value is -1.23. The predicted octanol–water partition coefficient (Wildman–Crippen LogP) is 0.465. The van der Waals surface area contributed by atoms with Crippen molar-refractivity contribution in [1.82, 2.24) is 5.32 Å². The lowest BCUT2D eigenvalue weighted by Gasteiger charge is -2.29. The molecule has 0 aromatic carbocycles. The highest BCUT2D eigenvalue weighted by molar-refractivity contribution is 5.67. The number of carbonyl (C=O) groups is 1. The Labute approximate surface area is 178 Å². The summed E-state index contributed by atoms with van der Waals surface area (Å²) in [5.41, 5.74) is 0. The van der Waals surface area contributed by atoms with Gasteiger partial charge < -0.3 is 40.3 Å². The normalized spacial score (nSPS) is 28.5. The Morgan fingerprint density at radius 3 is 2.40 bits per heavy atom. The molecular weight excluding hydrogens is 394 g/mol. The molecule has 0 aromatic heterocycles. The summed E-state index contributed by atoms with van der Waals surface area (Å²) in [6, 6.07) is -0.907. The van der Waals surface area contributed by atoms with E-state index in [4.69, 9.17) is 9.47 Å². The van der Waals surface area contributed by atoms with E-state index in [1.165, 1.54) is 6.08 Å². The molecule has 0 fully saturated rings. The van der Waals surface area contributed by atoms with Gasteiger partial charge in [-0.3, -0.25) is 0 Å². The minimum absolute atomic E-state index is 0.0246. The van der Waals surface area contributed by atoms with E-state index in [0.717, 1.165) is 0 Å². The second-order valence-electron chi connectivity index (χ2n) is 8.47. The zero-order valence-electron chi connectivity index (χ0n) is 18.3. The number of aliphatic hydroxyl groups excluding tert-OH is 5. The van der Waals surface area contributed by atoms with Crippen LogP contribution in [0.5, 0.6) is 0 Å². The standard InChI is InChI=1S/C21H39NO8/c1-5-14(23)10-17(25)15(22-21(28)30-13(4)9-12(2)3)11-29-18-8-6-7-16(24)19(26)20(18)27/h6,8,12-20,23-27H,5,7,9-11H2,1-4H3,(H,22,28). The van der Waals surface area contributed by atoms with Gasteiger partial charge in [-0.25, -0.2) is 4.79 Å². The molecule has 0 bridgehead atoms. The molecule has 9 nitrogen and oxygen atoms in total. The molecule has 0 saturated heterocycles. The first kappa shape index (κ1) is 26.8. The fourth-order valence-corrected chi connectivity index (χ4v) is 3.33. The molecule has 1 aliphatic rings. The van der Waals surface area contributed by atoms with Crippen LogP contribution in [-0.4, -0.2) is 87.0 Å². The van der Waals surface area contributed by atoms with Crippen molar-refractivity contribution in [2.24, 2.45) is 5.92 Å². The van der Waals surface area contributed by atoms with Gasteiger partial charge in [0.25, 0.3) is 0 Å². The summed E-state index contributed by atoms with van der Waals surface area (Å²) in [5, 5.41) is 52.8. The lowest BCUT2D eigenvalue weighted by Crippen LogP contribution is -2.50. The minimum atomic E-state index is -1.38. The third-order valence-electron chi connectivity index (χ3n) is 5.12. The molecular formula is C21H39NO8. The molecule has 9 heteroatoms. The second kappa shape index (κ2) is 13.2. The summed E-state index contributed by atoms with van der Waals surface area (Å²) in [7, 11) is 0. The first-order chi connectivity index (χ1) is 14.0. The van der Waals surface area contributed by atoms with Gasteiger partial charge in [0, 0.05) is 6.42 Å². The SMILES string of the molecule is CCC(O)CC(O)C(COC1C=CCC(O)C(O)C1O)NC(=O)OC(C)CC(C)C. The van der Waals surface area contributed by atoms with Crippen molar-refractivity contribution >= 4 is 6.09 Å². The largest absolute Gasteiger partial charge is 0.447 e. The molecule has 8 unspecified atom stereocenters. The maximum absolute atomic E-state index is 12.3. The highest BCUT2D eigenvalue weighted by Gasteiger charge is 2.34. The van der Waals surface area contributed by atoms with Crippen LogP contribution in [0.15, 0.2) is 12.2 Å². The number of ether oxygens (including phenoxy) is 2. The number of carbonyl (C=O) groups excluding carboxylic acids is 1. The van der Waals surface area contributed by atoms with Crippen LogP contribution in [0.25, 0.3) is 0 Å². The van der Waals surface area contributed by atoms with Crippen molar-refractivity contribution in [3.05, 3.63) is 12.2 Å². The van der Waals surface area contributed by atoms with Crippen LogP contribution in [-0.2, 0) is 9.47 Å². The zero-order chi connectivity index (χ0) is 22.8. The van der Waals surface area contributed by atoms with E-state index in [2.05, 4.69) is 5.32 Å². The van der Waals surface area contributed by atoms with E-state index < -0.39 is 48.8 Å². The average Bonchev–Trinajstić information content (AvgIpc) is 2.77. The Balaban J connectivity index is 2.76.